The van der Waals surface area contributed by atoms with Crippen LogP contribution in [0.2, 0.25) is 5.15 Å². The van der Waals surface area contributed by atoms with E-state index in [9.17, 15) is 24.9 Å². The van der Waals surface area contributed by atoms with E-state index in [1.165, 1.54) is 0 Å². The van der Waals surface area contributed by atoms with Gasteiger partial charge < -0.3 is 34.1 Å². The van der Waals surface area contributed by atoms with Crippen molar-refractivity contribution in [1.82, 2.24) is 29.8 Å². The van der Waals surface area contributed by atoms with Crippen molar-refractivity contribution in [3.8, 4) is 22.5 Å². The molecule has 9 rings (SSSR count). The molecular formula is C54H49ClN6O8. The Bertz CT molecular complexity index is 2890. The van der Waals surface area contributed by atoms with Gasteiger partial charge in [0.2, 0.25) is 6.29 Å². The van der Waals surface area contributed by atoms with Gasteiger partial charge in [-0.25, -0.2) is 19.3 Å². The number of tetrazole rings is 1. The van der Waals surface area contributed by atoms with Crippen LogP contribution in [0.5, 0.6) is 0 Å². The second kappa shape index (κ2) is 20.9. The molecule has 6 aromatic carbocycles. The van der Waals surface area contributed by atoms with E-state index >= 15 is 0 Å². The fourth-order valence-electron chi connectivity index (χ4n) is 8.86. The second-order valence-electron chi connectivity index (χ2n) is 16.7. The molecule has 0 bridgehead atoms. The number of unbranched alkanes of at least 4 members (excludes halogenated alkanes) is 1. The molecule has 15 heteroatoms. The topological polar surface area (TPSA) is 184 Å². The van der Waals surface area contributed by atoms with Crippen LogP contribution in [0.1, 0.15) is 63.9 Å². The van der Waals surface area contributed by atoms with Gasteiger partial charge in [0.15, 0.2) is 22.8 Å². The van der Waals surface area contributed by atoms with Crippen molar-refractivity contribution in [3.63, 3.8) is 0 Å². The third-order valence-electron chi connectivity index (χ3n) is 12.3. The maximum absolute atomic E-state index is 14.1. The highest BCUT2D eigenvalue weighted by Crippen LogP contribution is 2.43. The van der Waals surface area contributed by atoms with Gasteiger partial charge in [-0.15, -0.1) is 5.10 Å². The smallest absolute Gasteiger partial charge is 0.360 e. The van der Waals surface area contributed by atoms with E-state index in [1.807, 2.05) is 121 Å². The first-order valence-electron chi connectivity index (χ1n) is 22.7. The van der Waals surface area contributed by atoms with Crippen molar-refractivity contribution >= 4 is 23.5 Å². The van der Waals surface area contributed by atoms with Gasteiger partial charge >= 0.3 is 11.9 Å². The SMILES string of the molecule is CCCCc1nc(Cl)c(C(=O)O[C@@H]2O[C@H](C(=O)OCc3ccccc3)[C@@H](O)[C@H](O)[C@H]2O)n1Cc1ccc(-c2ccccc2-c2nnnn2C(c2ccccc2)(c2ccccc2)c2ccccc2)cc1. The Balaban J connectivity index is 1.01. The lowest BCUT2D eigenvalue weighted by atomic mass is 9.77. The van der Waals surface area contributed by atoms with Crippen molar-refractivity contribution in [1.29, 1.82) is 0 Å². The number of aliphatic hydroxyl groups excluding tert-OH is 3. The maximum Gasteiger partial charge on any atom is 0.360 e. The number of imidazole rings is 1. The second-order valence-corrected chi connectivity index (χ2v) is 17.1. The van der Waals surface area contributed by atoms with Gasteiger partial charge in [0, 0.05) is 18.5 Å². The summed E-state index contributed by atoms with van der Waals surface area (Å²) in [5.74, 6) is -0.975. The van der Waals surface area contributed by atoms with Crippen molar-refractivity contribution < 1.29 is 39.1 Å². The van der Waals surface area contributed by atoms with Crippen LogP contribution in [-0.2, 0) is 44.1 Å². The van der Waals surface area contributed by atoms with Gasteiger partial charge in [-0.05, 0) is 55.8 Å². The number of nitrogens with zero attached hydrogens (tertiary/aromatic N) is 6. The van der Waals surface area contributed by atoms with Crippen LogP contribution in [0.25, 0.3) is 22.5 Å². The lowest BCUT2D eigenvalue weighted by molar-refractivity contribution is -0.280. The van der Waals surface area contributed by atoms with Crippen LogP contribution in [0.15, 0.2) is 170 Å². The normalized spacial score (nSPS) is 18.1. The quantitative estimate of drug-likeness (QED) is 0.0632. The zero-order valence-electron chi connectivity index (χ0n) is 37.5. The number of aromatic nitrogens is 6. The van der Waals surface area contributed by atoms with E-state index in [1.54, 1.807) is 28.8 Å². The lowest BCUT2D eigenvalue weighted by Crippen LogP contribution is -2.60. The number of esters is 2. The van der Waals surface area contributed by atoms with E-state index < -0.39 is 48.2 Å². The predicted molar refractivity (Wildman–Crippen MR) is 257 cm³/mol. The minimum atomic E-state index is -1.92. The molecule has 0 amide bonds. The average Bonchev–Trinajstić information content (AvgIpc) is 4.01. The van der Waals surface area contributed by atoms with E-state index in [2.05, 4.69) is 46.6 Å². The van der Waals surface area contributed by atoms with Crippen LogP contribution in [0, 0.1) is 0 Å². The molecular weight excluding hydrogens is 896 g/mol. The first-order valence-corrected chi connectivity index (χ1v) is 23.1. The fraction of sp³-hybridized carbons (Fsp3) is 0.222. The minimum Gasteiger partial charge on any atom is -0.459 e. The van der Waals surface area contributed by atoms with Gasteiger partial charge in [-0.3, -0.25) is 0 Å². The summed E-state index contributed by atoms with van der Waals surface area (Å²) in [5, 5.41) is 45.9. The van der Waals surface area contributed by atoms with Gasteiger partial charge in [0.1, 0.15) is 36.3 Å². The van der Waals surface area contributed by atoms with Crippen LogP contribution < -0.4 is 0 Å². The molecule has 69 heavy (non-hydrogen) atoms. The zero-order chi connectivity index (χ0) is 47.9. The molecule has 2 aromatic heterocycles. The summed E-state index contributed by atoms with van der Waals surface area (Å²) in [4.78, 5) is 31.7. The summed E-state index contributed by atoms with van der Waals surface area (Å²) < 4.78 is 20.1. The van der Waals surface area contributed by atoms with Crippen molar-refractivity contribution in [2.45, 2.75) is 75.6 Å². The summed E-state index contributed by atoms with van der Waals surface area (Å²) in [7, 11) is 0. The number of carbonyl (C=O) groups is 2. The van der Waals surface area contributed by atoms with Gasteiger partial charge in [0.25, 0.3) is 0 Å². The number of aryl methyl sites for hydroxylation is 1. The molecule has 8 aromatic rings. The molecule has 1 fully saturated rings. The first kappa shape index (κ1) is 46.8. The number of hydrogen-bond acceptors (Lipinski definition) is 12. The van der Waals surface area contributed by atoms with Crippen molar-refractivity contribution in [2.24, 2.45) is 0 Å². The molecule has 350 valence electrons. The largest absolute Gasteiger partial charge is 0.459 e. The molecule has 0 spiro atoms. The molecule has 0 saturated carbocycles. The number of carbonyl (C=O) groups excluding carboxylic acids is 2. The molecule has 5 atom stereocenters. The maximum atomic E-state index is 14.1. The number of hydrogen-bond donors (Lipinski definition) is 3. The molecule has 1 saturated heterocycles. The summed E-state index contributed by atoms with van der Waals surface area (Å²) in [6.45, 7) is 2.05. The van der Waals surface area contributed by atoms with E-state index in [4.69, 9.17) is 36.1 Å². The van der Waals surface area contributed by atoms with Crippen molar-refractivity contribution in [2.75, 3.05) is 0 Å². The Morgan fingerprint density at radius 3 is 1.86 bits per heavy atom. The lowest BCUT2D eigenvalue weighted by Gasteiger charge is -2.38. The molecule has 0 unspecified atom stereocenters. The van der Waals surface area contributed by atoms with Gasteiger partial charge in [-0.2, -0.15) is 0 Å². The highest BCUT2D eigenvalue weighted by molar-refractivity contribution is 6.32. The van der Waals surface area contributed by atoms with Gasteiger partial charge in [-0.1, -0.05) is 195 Å². The van der Waals surface area contributed by atoms with E-state index in [0.29, 0.717) is 23.6 Å². The number of ether oxygens (including phenoxy) is 3. The summed E-state index contributed by atoms with van der Waals surface area (Å²) in [6.07, 6.45) is -7.27. The zero-order valence-corrected chi connectivity index (χ0v) is 38.3. The molecule has 1 aliphatic heterocycles. The van der Waals surface area contributed by atoms with Crippen LogP contribution in [0.4, 0.5) is 0 Å². The third-order valence-corrected chi connectivity index (χ3v) is 12.6. The standard InChI is InChI=1S/C54H49ClN6O8/c1-2-3-28-43-56-49(55)44(51(65)69-53-47(64)45(62)46(63)48(68-53)52(66)67-34-36-18-8-4-9-19-36)60(43)33-35-29-31-37(32-30-35)41-26-16-17-27-42(41)50-57-58-59-61(50)54(38-20-10-5-11-21-38,39-22-12-6-13-23-39)40-24-14-7-15-25-40/h4-27,29-32,45-48,53,62-64H,2-3,28,33-34H2,1H3/t45-,46-,47+,48-,53-/m0/s1. The molecule has 1 aliphatic rings. The highest BCUT2D eigenvalue weighted by Gasteiger charge is 2.50. The van der Waals surface area contributed by atoms with Crippen LogP contribution in [0.3, 0.4) is 0 Å². The van der Waals surface area contributed by atoms with Gasteiger partial charge in [0.05, 0.1) is 0 Å². The Hall–Kier alpha value is -7.33. The molecule has 14 nitrogen and oxygen atoms in total. The first-order chi connectivity index (χ1) is 33.7. The number of rotatable bonds is 16. The highest BCUT2D eigenvalue weighted by atomic mass is 35.5. The third kappa shape index (κ3) is 9.45. The predicted octanol–water partition coefficient (Wildman–Crippen LogP) is 7.80. The Morgan fingerprint density at radius 2 is 1.26 bits per heavy atom. The summed E-state index contributed by atoms with van der Waals surface area (Å²) >= 11 is 6.69. The minimum absolute atomic E-state index is 0.123. The van der Waals surface area contributed by atoms with Crippen LogP contribution >= 0.6 is 11.6 Å². The average molecular weight is 945 g/mol. The monoisotopic (exact) mass is 944 g/mol. The fourth-order valence-corrected chi connectivity index (χ4v) is 9.13. The number of aliphatic hydroxyl groups is 3. The Kier molecular flexibility index (Phi) is 14.2. The molecule has 3 heterocycles. The molecule has 0 radical (unpaired) electrons. The number of halogens is 1. The Morgan fingerprint density at radius 1 is 0.696 bits per heavy atom. The Labute approximate surface area is 403 Å². The van der Waals surface area contributed by atoms with E-state index in [-0.39, 0.29) is 24.0 Å². The van der Waals surface area contributed by atoms with Crippen LogP contribution in [-0.4, -0.2) is 87.7 Å². The summed E-state index contributed by atoms with van der Waals surface area (Å²) in [5.41, 5.74) is 5.86. The van der Waals surface area contributed by atoms with E-state index in [0.717, 1.165) is 51.8 Å². The summed E-state index contributed by atoms with van der Waals surface area (Å²) in [6, 6.07) is 55.3. The molecule has 3 N–H and O–H groups in total. The molecule has 0 aliphatic carbocycles. The number of benzene rings is 6. The van der Waals surface area contributed by atoms with Crippen molar-refractivity contribution in [3.05, 3.63) is 214 Å².